The summed E-state index contributed by atoms with van der Waals surface area (Å²) in [5, 5.41) is 5.08. The number of carbonyl (C=O) groups excluding carboxylic acids is 1. The molecule has 3 nitrogen and oxygen atoms in total. The lowest BCUT2D eigenvalue weighted by Crippen LogP contribution is -2.26. The number of carbonyl (C=O) groups is 1. The van der Waals surface area contributed by atoms with Crippen LogP contribution < -0.4 is 11.1 Å². The number of halogens is 1. The van der Waals surface area contributed by atoms with Crippen LogP contribution in [-0.2, 0) is 4.79 Å². The van der Waals surface area contributed by atoms with Gasteiger partial charge in [-0.25, -0.2) is 0 Å². The van der Waals surface area contributed by atoms with E-state index >= 15 is 0 Å². The first-order valence-electron chi connectivity index (χ1n) is 6.84. The Morgan fingerprint density at radius 3 is 2.65 bits per heavy atom. The molecule has 0 aliphatic rings. The topological polar surface area (TPSA) is 55.1 Å². The van der Waals surface area contributed by atoms with Gasteiger partial charge in [0.15, 0.2) is 0 Å². The highest BCUT2D eigenvalue weighted by Gasteiger charge is 2.11. The molecular weight excluding hydrogens is 316 g/mol. The minimum absolute atomic E-state index is 0.0292. The zero-order valence-corrected chi connectivity index (χ0v) is 13.1. The largest absolute Gasteiger partial charge is 0.327 e. The van der Waals surface area contributed by atoms with Crippen molar-refractivity contribution in [3.63, 3.8) is 0 Å². The fraction of sp³-hybridized carbons (Fsp3) is 0.312. The van der Waals surface area contributed by atoms with E-state index in [1.54, 1.807) is 0 Å². The molecule has 1 amide bonds. The number of rotatable bonds is 5. The van der Waals surface area contributed by atoms with Crippen molar-refractivity contribution in [2.24, 2.45) is 5.73 Å². The third-order valence-electron chi connectivity index (χ3n) is 3.25. The molecule has 0 aromatic heterocycles. The van der Waals surface area contributed by atoms with Crippen molar-refractivity contribution in [1.82, 2.24) is 0 Å². The van der Waals surface area contributed by atoms with Crippen molar-refractivity contribution in [1.29, 1.82) is 0 Å². The van der Waals surface area contributed by atoms with E-state index in [0.29, 0.717) is 6.42 Å². The van der Waals surface area contributed by atoms with Crippen molar-refractivity contribution >= 4 is 38.3 Å². The minimum Gasteiger partial charge on any atom is -0.327 e. The minimum atomic E-state index is -0.0679. The Morgan fingerprint density at radius 2 is 1.95 bits per heavy atom. The number of anilines is 1. The third kappa shape index (κ3) is 3.58. The maximum atomic E-state index is 12.0. The molecule has 0 spiro atoms. The Kier molecular flexibility index (Phi) is 5.15. The number of hydrogen-bond donors (Lipinski definition) is 2. The standard InChI is InChI=1S/C16H19BrN2O/c1-2-5-11(18)10-16(20)19-15-9-8-14(17)12-6-3-4-7-13(12)15/h3-4,6-9,11H,2,5,10,18H2,1H3,(H,19,20). The van der Waals surface area contributed by atoms with Gasteiger partial charge in [-0.1, -0.05) is 53.5 Å². The molecule has 0 aliphatic carbocycles. The number of hydrogen-bond acceptors (Lipinski definition) is 2. The molecule has 0 radical (unpaired) electrons. The Balaban J connectivity index is 2.18. The molecule has 0 aliphatic heterocycles. The first kappa shape index (κ1) is 15.0. The van der Waals surface area contributed by atoms with Crippen LogP contribution in [0.2, 0.25) is 0 Å². The van der Waals surface area contributed by atoms with E-state index in [2.05, 4.69) is 28.2 Å². The Morgan fingerprint density at radius 1 is 1.25 bits per heavy atom. The van der Waals surface area contributed by atoms with Crippen LogP contribution in [0.1, 0.15) is 26.2 Å². The second kappa shape index (κ2) is 6.86. The van der Waals surface area contributed by atoms with Gasteiger partial charge in [-0.2, -0.15) is 0 Å². The Hall–Kier alpha value is -1.39. The van der Waals surface area contributed by atoms with E-state index in [1.807, 2.05) is 36.4 Å². The normalized spacial score (nSPS) is 12.3. The number of benzene rings is 2. The first-order valence-corrected chi connectivity index (χ1v) is 7.63. The van der Waals surface area contributed by atoms with Crippen molar-refractivity contribution in [2.75, 3.05) is 5.32 Å². The van der Waals surface area contributed by atoms with Crippen LogP contribution >= 0.6 is 15.9 Å². The van der Waals surface area contributed by atoms with Gasteiger partial charge in [-0.05, 0) is 23.9 Å². The summed E-state index contributed by atoms with van der Waals surface area (Å²) in [5.74, 6) is -0.0292. The molecule has 0 saturated heterocycles. The molecule has 0 bridgehead atoms. The van der Waals surface area contributed by atoms with Crippen LogP contribution in [0.5, 0.6) is 0 Å². The summed E-state index contributed by atoms with van der Waals surface area (Å²) in [7, 11) is 0. The molecule has 1 unspecified atom stereocenters. The van der Waals surface area contributed by atoms with Crippen LogP contribution in [0.25, 0.3) is 10.8 Å². The summed E-state index contributed by atoms with van der Waals surface area (Å²) in [6.07, 6.45) is 2.22. The molecular formula is C16H19BrN2O. The zero-order chi connectivity index (χ0) is 14.5. The van der Waals surface area contributed by atoms with Gasteiger partial charge >= 0.3 is 0 Å². The van der Waals surface area contributed by atoms with Crippen LogP contribution in [0.4, 0.5) is 5.69 Å². The van der Waals surface area contributed by atoms with Gasteiger partial charge in [0.2, 0.25) is 5.91 Å². The summed E-state index contributed by atoms with van der Waals surface area (Å²) in [4.78, 5) is 12.0. The Labute approximate surface area is 127 Å². The predicted molar refractivity (Wildman–Crippen MR) is 87.8 cm³/mol. The summed E-state index contributed by atoms with van der Waals surface area (Å²) in [5.41, 5.74) is 6.74. The lowest BCUT2D eigenvalue weighted by Gasteiger charge is -2.13. The molecule has 2 aromatic carbocycles. The lowest BCUT2D eigenvalue weighted by atomic mass is 10.1. The second-order valence-electron chi connectivity index (χ2n) is 4.94. The molecule has 2 aromatic rings. The van der Waals surface area contributed by atoms with Crippen molar-refractivity contribution in [3.05, 3.63) is 40.9 Å². The van der Waals surface area contributed by atoms with Crippen LogP contribution in [-0.4, -0.2) is 11.9 Å². The smallest absolute Gasteiger partial charge is 0.225 e. The molecule has 2 rings (SSSR count). The highest BCUT2D eigenvalue weighted by Crippen LogP contribution is 2.30. The van der Waals surface area contributed by atoms with Crippen molar-refractivity contribution < 1.29 is 4.79 Å². The molecule has 4 heteroatoms. The fourth-order valence-corrected chi connectivity index (χ4v) is 2.76. The number of amides is 1. The average molecular weight is 335 g/mol. The molecule has 1 atom stereocenters. The summed E-state index contributed by atoms with van der Waals surface area (Å²) >= 11 is 3.53. The summed E-state index contributed by atoms with van der Waals surface area (Å²) < 4.78 is 1.02. The maximum absolute atomic E-state index is 12.0. The monoisotopic (exact) mass is 334 g/mol. The summed E-state index contributed by atoms with van der Waals surface area (Å²) in [6.45, 7) is 2.07. The number of nitrogens with one attached hydrogen (secondary N) is 1. The van der Waals surface area contributed by atoms with Gasteiger partial charge in [0.1, 0.15) is 0 Å². The molecule has 0 saturated carbocycles. The number of nitrogens with two attached hydrogens (primary N) is 1. The van der Waals surface area contributed by atoms with E-state index < -0.39 is 0 Å². The van der Waals surface area contributed by atoms with Crippen molar-refractivity contribution in [2.45, 2.75) is 32.2 Å². The van der Waals surface area contributed by atoms with Gasteiger partial charge in [0.25, 0.3) is 0 Å². The van der Waals surface area contributed by atoms with E-state index in [1.165, 1.54) is 0 Å². The molecule has 0 heterocycles. The van der Waals surface area contributed by atoms with Gasteiger partial charge in [-0.15, -0.1) is 0 Å². The first-order chi connectivity index (χ1) is 9.61. The highest BCUT2D eigenvalue weighted by atomic mass is 79.9. The van der Waals surface area contributed by atoms with Gasteiger partial charge in [0, 0.05) is 28.0 Å². The highest BCUT2D eigenvalue weighted by molar-refractivity contribution is 9.10. The average Bonchev–Trinajstić information content (AvgIpc) is 2.42. The predicted octanol–water partition coefficient (Wildman–Crippen LogP) is 4.06. The molecule has 3 N–H and O–H groups in total. The molecule has 106 valence electrons. The van der Waals surface area contributed by atoms with Crippen molar-refractivity contribution in [3.8, 4) is 0 Å². The van der Waals surface area contributed by atoms with Gasteiger partial charge in [-0.3, -0.25) is 4.79 Å². The SMILES string of the molecule is CCCC(N)CC(=O)Nc1ccc(Br)c2ccccc12. The quantitative estimate of drug-likeness (QED) is 0.866. The van der Waals surface area contributed by atoms with Crippen LogP contribution in [0.15, 0.2) is 40.9 Å². The van der Waals surface area contributed by atoms with E-state index in [0.717, 1.165) is 33.8 Å². The van der Waals surface area contributed by atoms with Crippen LogP contribution in [0.3, 0.4) is 0 Å². The molecule has 0 fully saturated rings. The third-order valence-corrected chi connectivity index (χ3v) is 3.94. The number of fused-ring (bicyclic) bond motifs is 1. The zero-order valence-electron chi connectivity index (χ0n) is 11.5. The summed E-state index contributed by atoms with van der Waals surface area (Å²) in [6, 6.07) is 11.8. The Bertz CT molecular complexity index is 612. The van der Waals surface area contributed by atoms with E-state index in [9.17, 15) is 4.79 Å². The van der Waals surface area contributed by atoms with E-state index in [4.69, 9.17) is 5.73 Å². The maximum Gasteiger partial charge on any atom is 0.225 e. The van der Waals surface area contributed by atoms with Gasteiger partial charge in [0.05, 0.1) is 0 Å². The van der Waals surface area contributed by atoms with Crippen LogP contribution in [0, 0.1) is 0 Å². The second-order valence-corrected chi connectivity index (χ2v) is 5.80. The molecule has 20 heavy (non-hydrogen) atoms. The fourth-order valence-electron chi connectivity index (χ4n) is 2.28. The lowest BCUT2D eigenvalue weighted by molar-refractivity contribution is -0.116. The van der Waals surface area contributed by atoms with Gasteiger partial charge < -0.3 is 11.1 Å². The van der Waals surface area contributed by atoms with E-state index in [-0.39, 0.29) is 11.9 Å².